The normalized spacial score (nSPS) is 24.7. The van der Waals surface area contributed by atoms with E-state index in [1.165, 1.54) is 36.0 Å². The zero-order valence-corrected chi connectivity index (χ0v) is 17.9. The lowest BCUT2D eigenvalue weighted by molar-refractivity contribution is -0.130. The summed E-state index contributed by atoms with van der Waals surface area (Å²) in [5.74, 6) is 0.217. The smallest absolute Gasteiger partial charge is 0.223 e. The molecule has 0 bridgehead atoms. The summed E-state index contributed by atoms with van der Waals surface area (Å²) in [4.78, 5) is 16.9. The first kappa shape index (κ1) is 19.9. The van der Waals surface area contributed by atoms with Gasteiger partial charge in [0, 0.05) is 51.9 Å². The van der Waals surface area contributed by atoms with Crippen LogP contribution >= 0.6 is 0 Å². The van der Waals surface area contributed by atoms with Crippen molar-refractivity contribution in [1.82, 2.24) is 19.6 Å². The fourth-order valence-corrected chi connectivity index (χ4v) is 6.33. The molecule has 1 aromatic rings. The highest BCUT2D eigenvalue weighted by Crippen LogP contribution is 2.28. The second-order valence-electron chi connectivity index (χ2n) is 8.92. The van der Waals surface area contributed by atoms with Crippen LogP contribution in [0.5, 0.6) is 0 Å². The van der Waals surface area contributed by atoms with Crippen molar-refractivity contribution in [2.24, 2.45) is 13.0 Å². The molecular weight excluding hydrogens is 376 g/mol. The fraction of sp³-hybridized carbons (Fsp3) is 0.800. The van der Waals surface area contributed by atoms with Crippen LogP contribution in [0.2, 0.25) is 0 Å². The highest BCUT2D eigenvalue weighted by atomic mass is 32.2. The first-order valence-electron chi connectivity index (χ1n) is 10.5. The number of hydrogen-bond donors (Lipinski definition) is 0. The summed E-state index contributed by atoms with van der Waals surface area (Å²) in [7, 11) is -0.969. The molecule has 0 radical (unpaired) electrons. The number of sulfone groups is 1. The molecule has 1 aliphatic carbocycles. The van der Waals surface area contributed by atoms with Gasteiger partial charge in [-0.2, -0.15) is 5.10 Å². The quantitative estimate of drug-likeness (QED) is 0.731. The van der Waals surface area contributed by atoms with Gasteiger partial charge in [-0.05, 0) is 50.0 Å². The minimum absolute atomic E-state index is 0.0403. The van der Waals surface area contributed by atoms with Crippen molar-refractivity contribution in [3.8, 4) is 0 Å². The Morgan fingerprint density at radius 1 is 1.14 bits per heavy atom. The molecule has 0 spiro atoms. The molecule has 1 aromatic heterocycles. The summed E-state index contributed by atoms with van der Waals surface area (Å²) in [6.07, 6.45) is 8.35. The van der Waals surface area contributed by atoms with Crippen molar-refractivity contribution in [3.05, 3.63) is 17.0 Å². The molecule has 3 heterocycles. The molecule has 0 aromatic carbocycles. The average molecular weight is 409 g/mol. The number of aryl methyl sites for hydroxylation is 2. The highest BCUT2D eigenvalue weighted by Gasteiger charge is 2.37. The maximum Gasteiger partial charge on any atom is 0.223 e. The molecule has 0 N–H and O–H groups in total. The number of carbonyl (C=O) groups excluding carboxylic acids is 1. The summed E-state index contributed by atoms with van der Waals surface area (Å²) in [5, 5.41) is 4.73. The Labute approximate surface area is 168 Å². The molecule has 1 unspecified atom stereocenters. The summed E-state index contributed by atoms with van der Waals surface area (Å²) >= 11 is 0. The molecule has 1 atom stereocenters. The van der Waals surface area contributed by atoms with Crippen molar-refractivity contribution < 1.29 is 13.2 Å². The first-order valence-corrected chi connectivity index (χ1v) is 12.6. The number of fused-ring (bicyclic) bond motifs is 1. The largest absolute Gasteiger partial charge is 0.339 e. The molecule has 28 heavy (non-hydrogen) atoms. The van der Waals surface area contributed by atoms with Crippen molar-refractivity contribution in [3.63, 3.8) is 0 Å². The Morgan fingerprint density at radius 2 is 1.86 bits per heavy atom. The maximum absolute atomic E-state index is 12.4. The van der Waals surface area contributed by atoms with Crippen LogP contribution in [0.25, 0.3) is 0 Å². The van der Waals surface area contributed by atoms with Gasteiger partial charge in [-0.25, -0.2) is 8.42 Å². The van der Waals surface area contributed by atoms with Gasteiger partial charge in [0.25, 0.3) is 0 Å². The van der Waals surface area contributed by atoms with Crippen LogP contribution in [-0.4, -0.2) is 71.6 Å². The number of amides is 1. The van der Waals surface area contributed by atoms with E-state index in [4.69, 9.17) is 5.10 Å². The number of hydrogen-bond acceptors (Lipinski definition) is 5. The lowest BCUT2D eigenvalue weighted by atomic mass is 9.95. The van der Waals surface area contributed by atoms with Gasteiger partial charge in [0.15, 0.2) is 0 Å². The third kappa shape index (κ3) is 4.27. The minimum Gasteiger partial charge on any atom is -0.339 e. The third-order valence-electron chi connectivity index (χ3n) is 6.60. The van der Waals surface area contributed by atoms with Crippen molar-refractivity contribution in [2.45, 2.75) is 57.5 Å². The molecule has 2 saturated heterocycles. The fourth-order valence-electron chi connectivity index (χ4n) is 5.25. The van der Waals surface area contributed by atoms with E-state index < -0.39 is 9.84 Å². The van der Waals surface area contributed by atoms with Crippen LogP contribution in [0.3, 0.4) is 0 Å². The second-order valence-corrected chi connectivity index (χ2v) is 11.1. The molecule has 8 heteroatoms. The average Bonchev–Trinajstić information content (AvgIpc) is 3.14. The SMILES string of the molecule is Cn1nc2c(c1CN1CCC(N3CC(CS(C)(=O)=O)CC3=O)CC1)CCCC2. The molecule has 7 nitrogen and oxygen atoms in total. The Hall–Kier alpha value is -1.41. The predicted molar refractivity (Wildman–Crippen MR) is 108 cm³/mol. The molecule has 4 rings (SSSR count). The van der Waals surface area contributed by atoms with Crippen molar-refractivity contribution in [2.75, 3.05) is 31.6 Å². The van der Waals surface area contributed by atoms with Gasteiger partial charge in [-0.3, -0.25) is 14.4 Å². The molecule has 1 amide bonds. The highest BCUT2D eigenvalue weighted by molar-refractivity contribution is 7.90. The van der Waals surface area contributed by atoms with Gasteiger partial charge in [0.2, 0.25) is 5.91 Å². The number of carbonyl (C=O) groups is 1. The van der Waals surface area contributed by atoms with Crippen molar-refractivity contribution >= 4 is 15.7 Å². The van der Waals surface area contributed by atoms with Gasteiger partial charge >= 0.3 is 0 Å². The summed E-state index contributed by atoms with van der Waals surface area (Å²) in [6.45, 7) is 3.50. The number of aromatic nitrogens is 2. The Balaban J connectivity index is 1.33. The van der Waals surface area contributed by atoms with Gasteiger partial charge in [-0.15, -0.1) is 0 Å². The predicted octanol–water partition coefficient (Wildman–Crippen LogP) is 1.16. The molecular formula is C20H32N4O3S. The number of piperidine rings is 1. The Bertz CT molecular complexity index is 840. The van der Waals surface area contributed by atoms with Crippen molar-refractivity contribution in [1.29, 1.82) is 0 Å². The van der Waals surface area contributed by atoms with E-state index >= 15 is 0 Å². The third-order valence-corrected chi connectivity index (χ3v) is 7.67. The second kappa shape index (κ2) is 7.78. The van der Waals surface area contributed by atoms with Gasteiger partial charge < -0.3 is 4.90 Å². The van der Waals surface area contributed by atoms with Crippen LogP contribution in [0, 0.1) is 5.92 Å². The van der Waals surface area contributed by atoms with E-state index in [1.54, 1.807) is 0 Å². The molecule has 2 aliphatic heterocycles. The van der Waals surface area contributed by atoms with Gasteiger partial charge in [0.05, 0.1) is 17.1 Å². The van der Waals surface area contributed by atoms with E-state index in [1.807, 2.05) is 4.90 Å². The Kier molecular flexibility index (Phi) is 5.53. The lowest BCUT2D eigenvalue weighted by Gasteiger charge is -2.37. The topological polar surface area (TPSA) is 75.5 Å². The zero-order chi connectivity index (χ0) is 19.9. The van der Waals surface area contributed by atoms with E-state index in [2.05, 4.69) is 16.6 Å². The van der Waals surface area contributed by atoms with Crippen LogP contribution in [-0.2, 0) is 41.1 Å². The van der Waals surface area contributed by atoms with E-state index in [-0.39, 0.29) is 23.6 Å². The Morgan fingerprint density at radius 3 is 2.57 bits per heavy atom. The number of rotatable bonds is 5. The maximum atomic E-state index is 12.4. The number of nitrogens with zero attached hydrogens (tertiary/aromatic N) is 4. The standard InChI is InChI=1S/C20H32N4O3S/c1-22-19(17-5-3-4-6-18(17)21-22)13-23-9-7-16(8-10-23)24-12-15(11-20(24)25)14-28(2,26)27/h15-16H,3-14H2,1-2H3. The molecule has 2 fully saturated rings. The van der Waals surface area contributed by atoms with E-state index in [0.717, 1.165) is 45.3 Å². The summed E-state index contributed by atoms with van der Waals surface area (Å²) < 4.78 is 25.2. The van der Waals surface area contributed by atoms with E-state index in [9.17, 15) is 13.2 Å². The lowest BCUT2D eigenvalue weighted by Crippen LogP contribution is -2.45. The van der Waals surface area contributed by atoms with Crippen LogP contribution < -0.4 is 0 Å². The van der Waals surface area contributed by atoms with Crippen LogP contribution in [0.4, 0.5) is 0 Å². The van der Waals surface area contributed by atoms with E-state index in [0.29, 0.717) is 13.0 Å². The van der Waals surface area contributed by atoms with Gasteiger partial charge in [0.1, 0.15) is 9.84 Å². The minimum atomic E-state index is -3.03. The zero-order valence-electron chi connectivity index (χ0n) is 17.1. The van der Waals surface area contributed by atoms with Gasteiger partial charge in [-0.1, -0.05) is 0 Å². The summed E-state index contributed by atoms with van der Waals surface area (Å²) in [5.41, 5.74) is 4.12. The molecule has 3 aliphatic rings. The first-order chi connectivity index (χ1) is 13.3. The van der Waals surface area contributed by atoms with Crippen LogP contribution in [0.1, 0.15) is 49.1 Å². The molecule has 156 valence electrons. The molecule has 0 saturated carbocycles. The van der Waals surface area contributed by atoms with Crippen LogP contribution in [0.15, 0.2) is 0 Å². The monoisotopic (exact) mass is 408 g/mol. The summed E-state index contributed by atoms with van der Waals surface area (Å²) in [6, 6.07) is 0.258. The number of likely N-dealkylation sites (tertiary alicyclic amines) is 2.